The van der Waals surface area contributed by atoms with E-state index in [-0.39, 0.29) is 6.04 Å². The third kappa shape index (κ3) is 2.75. The Bertz CT molecular complexity index is 812. The van der Waals surface area contributed by atoms with E-state index >= 15 is 0 Å². The van der Waals surface area contributed by atoms with Gasteiger partial charge >= 0.3 is 0 Å². The molecule has 1 N–H and O–H groups in total. The lowest BCUT2D eigenvalue weighted by Crippen LogP contribution is -2.44. The van der Waals surface area contributed by atoms with Gasteiger partial charge in [0.05, 0.1) is 4.90 Å². The molecule has 1 aliphatic heterocycles. The van der Waals surface area contributed by atoms with Crippen molar-refractivity contribution in [1.82, 2.24) is 14.6 Å². The molecule has 5 nitrogen and oxygen atoms in total. The summed E-state index contributed by atoms with van der Waals surface area (Å²) in [5.41, 5.74) is 0. The number of rotatable bonds is 3. The molecular weight excluding hydrogens is 310 g/mol. The Labute approximate surface area is 136 Å². The van der Waals surface area contributed by atoms with Gasteiger partial charge in [0.2, 0.25) is 10.0 Å². The van der Waals surface area contributed by atoms with Crippen molar-refractivity contribution in [2.45, 2.75) is 30.2 Å². The highest BCUT2D eigenvalue weighted by molar-refractivity contribution is 7.89. The van der Waals surface area contributed by atoms with Crippen LogP contribution in [0.25, 0.3) is 10.8 Å². The van der Waals surface area contributed by atoms with Gasteiger partial charge in [0.1, 0.15) is 0 Å². The monoisotopic (exact) mass is 331 g/mol. The zero-order valence-electron chi connectivity index (χ0n) is 13.0. The van der Waals surface area contributed by atoms with Crippen LogP contribution in [0.4, 0.5) is 0 Å². The molecule has 1 saturated heterocycles. The predicted molar refractivity (Wildman–Crippen MR) is 89.6 cm³/mol. The average molecular weight is 331 g/mol. The first kappa shape index (κ1) is 15.1. The first-order chi connectivity index (χ1) is 11.2. The van der Waals surface area contributed by atoms with E-state index in [2.05, 4.69) is 10.3 Å². The Balaban J connectivity index is 1.81. The standard InChI is InChI=1S/C17H21N3O2S/c21-23(22,17-4-1-3-14-11-19-9-7-15(14)17)20-10-2-8-18-12-16(20)13-5-6-13/h1,3-4,7,9,11,13,16,18H,2,5-6,8,10,12H2/t16-/m0/s1. The smallest absolute Gasteiger partial charge is 0.243 e. The highest BCUT2D eigenvalue weighted by Crippen LogP contribution is 2.38. The second-order valence-corrected chi connectivity index (χ2v) is 8.29. The minimum atomic E-state index is -3.50. The number of pyridine rings is 1. The van der Waals surface area contributed by atoms with Crippen molar-refractivity contribution in [3.8, 4) is 0 Å². The molecule has 0 radical (unpaired) electrons. The van der Waals surface area contributed by atoms with Gasteiger partial charge in [-0.25, -0.2) is 8.42 Å². The van der Waals surface area contributed by atoms with Crippen LogP contribution in [0, 0.1) is 5.92 Å². The molecule has 0 amide bonds. The van der Waals surface area contributed by atoms with Crippen molar-refractivity contribution in [2.24, 2.45) is 5.92 Å². The van der Waals surface area contributed by atoms with E-state index in [0.29, 0.717) is 17.4 Å². The lowest BCUT2D eigenvalue weighted by Gasteiger charge is -2.29. The van der Waals surface area contributed by atoms with E-state index in [1.54, 1.807) is 34.9 Å². The van der Waals surface area contributed by atoms with Crippen LogP contribution in [0.1, 0.15) is 19.3 Å². The molecule has 2 aromatic rings. The highest BCUT2D eigenvalue weighted by atomic mass is 32.2. The predicted octanol–water partition coefficient (Wildman–Crippen LogP) is 2.00. The van der Waals surface area contributed by atoms with Crippen LogP contribution >= 0.6 is 0 Å². The normalized spacial score (nSPS) is 23.7. The van der Waals surface area contributed by atoms with E-state index in [1.807, 2.05) is 6.07 Å². The van der Waals surface area contributed by atoms with Crippen molar-refractivity contribution < 1.29 is 8.42 Å². The number of hydrogen-bond donors (Lipinski definition) is 1. The zero-order valence-corrected chi connectivity index (χ0v) is 13.8. The second-order valence-electron chi connectivity index (χ2n) is 6.43. The van der Waals surface area contributed by atoms with E-state index in [1.165, 1.54) is 0 Å². The first-order valence-electron chi connectivity index (χ1n) is 8.23. The Hall–Kier alpha value is -1.50. The molecular formula is C17H21N3O2S. The van der Waals surface area contributed by atoms with Gasteiger partial charge < -0.3 is 5.32 Å². The summed E-state index contributed by atoms with van der Waals surface area (Å²) in [6.07, 6.45) is 6.50. The number of nitrogens with zero attached hydrogens (tertiary/aromatic N) is 2. The maximum atomic E-state index is 13.4. The largest absolute Gasteiger partial charge is 0.315 e. The SMILES string of the molecule is O=S(=O)(c1cccc2cnccc12)N1CCCNC[C@H]1C1CC1. The average Bonchev–Trinajstić information content (AvgIpc) is 3.39. The van der Waals surface area contributed by atoms with Gasteiger partial charge in [-0.15, -0.1) is 0 Å². The van der Waals surface area contributed by atoms with Crippen molar-refractivity contribution in [2.75, 3.05) is 19.6 Å². The fourth-order valence-corrected chi connectivity index (χ4v) is 5.44. The van der Waals surface area contributed by atoms with Gasteiger partial charge in [-0.05, 0) is 43.9 Å². The van der Waals surface area contributed by atoms with Crippen LogP contribution in [-0.2, 0) is 10.0 Å². The van der Waals surface area contributed by atoms with Crippen LogP contribution in [0.5, 0.6) is 0 Å². The number of benzene rings is 1. The van der Waals surface area contributed by atoms with Crippen molar-refractivity contribution in [3.63, 3.8) is 0 Å². The maximum Gasteiger partial charge on any atom is 0.243 e. The van der Waals surface area contributed by atoms with Gasteiger partial charge in [-0.2, -0.15) is 4.31 Å². The molecule has 2 aliphatic rings. The molecule has 1 aromatic heterocycles. The summed E-state index contributed by atoms with van der Waals surface area (Å²) in [6, 6.07) is 7.31. The minimum Gasteiger partial charge on any atom is -0.315 e. The van der Waals surface area contributed by atoms with Gasteiger partial charge in [-0.1, -0.05) is 12.1 Å². The van der Waals surface area contributed by atoms with E-state index in [9.17, 15) is 8.42 Å². The summed E-state index contributed by atoms with van der Waals surface area (Å²) < 4.78 is 28.5. The summed E-state index contributed by atoms with van der Waals surface area (Å²) in [7, 11) is -3.50. The van der Waals surface area contributed by atoms with Gasteiger partial charge in [0.15, 0.2) is 0 Å². The molecule has 4 rings (SSSR count). The zero-order chi connectivity index (χ0) is 15.9. The van der Waals surface area contributed by atoms with Crippen LogP contribution < -0.4 is 5.32 Å². The van der Waals surface area contributed by atoms with Crippen LogP contribution in [0.2, 0.25) is 0 Å². The molecule has 2 heterocycles. The van der Waals surface area contributed by atoms with E-state index in [4.69, 9.17) is 0 Å². The third-order valence-electron chi connectivity index (χ3n) is 4.85. The first-order valence-corrected chi connectivity index (χ1v) is 9.67. The van der Waals surface area contributed by atoms with Crippen molar-refractivity contribution >= 4 is 20.8 Å². The molecule has 1 saturated carbocycles. The fraction of sp³-hybridized carbons (Fsp3) is 0.471. The number of hydrogen-bond acceptors (Lipinski definition) is 4. The summed E-state index contributed by atoms with van der Waals surface area (Å²) in [5, 5.41) is 5.02. The molecule has 23 heavy (non-hydrogen) atoms. The fourth-order valence-electron chi connectivity index (χ4n) is 3.50. The number of fused-ring (bicyclic) bond motifs is 1. The molecule has 0 bridgehead atoms. The maximum absolute atomic E-state index is 13.4. The third-order valence-corrected chi connectivity index (χ3v) is 6.83. The summed E-state index contributed by atoms with van der Waals surface area (Å²) >= 11 is 0. The molecule has 0 spiro atoms. The van der Waals surface area contributed by atoms with Gasteiger partial charge in [-0.3, -0.25) is 4.98 Å². The van der Waals surface area contributed by atoms with Crippen LogP contribution in [0.15, 0.2) is 41.6 Å². The van der Waals surface area contributed by atoms with E-state index < -0.39 is 10.0 Å². The Morgan fingerprint density at radius 3 is 2.91 bits per heavy atom. The topological polar surface area (TPSA) is 62.3 Å². The van der Waals surface area contributed by atoms with Crippen molar-refractivity contribution in [3.05, 3.63) is 36.7 Å². The Kier molecular flexibility index (Phi) is 3.83. The Morgan fingerprint density at radius 1 is 1.22 bits per heavy atom. The summed E-state index contributed by atoms with van der Waals surface area (Å²) in [4.78, 5) is 4.51. The Morgan fingerprint density at radius 2 is 2.09 bits per heavy atom. The summed E-state index contributed by atoms with van der Waals surface area (Å²) in [6.45, 7) is 2.24. The molecule has 1 aromatic carbocycles. The minimum absolute atomic E-state index is 0.0830. The van der Waals surface area contributed by atoms with Gasteiger partial charge in [0.25, 0.3) is 0 Å². The van der Waals surface area contributed by atoms with E-state index in [0.717, 1.165) is 43.1 Å². The van der Waals surface area contributed by atoms with Crippen LogP contribution in [0.3, 0.4) is 0 Å². The molecule has 1 aliphatic carbocycles. The lowest BCUT2D eigenvalue weighted by molar-refractivity contribution is 0.306. The number of sulfonamides is 1. The molecule has 2 fully saturated rings. The molecule has 6 heteroatoms. The number of nitrogens with one attached hydrogen (secondary N) is 1. The highest BCUT2D eigenvalue weighted by Gasteiger charge is 2.41. The van der Waals surface area contributed by atoms with Crippen molar-refractivity contribution in [1.29, 1.82) is 0 Å². The molecule has 1 atom stereocenters. The number of aromatic nitrogens is 1. The van der Waals surface area contributed by atoms with Crippen LogP contribution in [-0.4, -0.2) is 43.4 Å². The molecule has 0 unspecified atom stereocenters. The molecule has 122 valence electrons. The van der Waals surface area contributed by atoms with Gasteiger partial charge in [0, 0.05) is 42.3 Å². The second kappa shape index (κ2) is 5.85. The lowest BCUT2D eigenvalue weighted by atomic mass is 10.2. The quantitative estimate of drug-likeness (QED) is 0.934. The summed E-state index contributed by atoms with van der Waals surface area (Å²) in [5.74, 6) is 0.506.